The Labute approximate surface area is 87.1 Å². The van der Waals surface area contributed by atoms with E-state index in [1.54, 1.807) is 6.08 Å². The van der Waals surface area contributed by atoms with Crippen molar-refractivity contribution in [3.63, 3.8) is 0 Å². The van der Waals surface area contributed by atoms with Crippen molar-refractivity contribution >= 4 is 5.78 Å². The van der Waals surface area contributed by atoms with E-state index in [0.29, 0.717) is 12.2 Å². The largest absolute Gasteiger partial charge is 0.379 e. The van der Waals surface area contributed by atoms with Crippen LogP contribution >= 0.6 is 0 Å². The molecule has 2 nitrogen and oxygen atoms in total. The summed E-state index contributed by atoms with van der Waals surface area (Å²) < 4.78 is 0. The van der Waals surface area contributed by atoms with Gasteiger partial charge >= 0.3 is 0 Å². The molecule has 80 valence electrons. The van der Waals surface area contributed by atoms with Gasteiger partial charge in [0.15, 0.2) is 5.78 Å². The van der Waals surface area contributed by atoms with Crippen LogP contribution in [0.5, 0.6) is 0 Å². The van der Waals surface area contributed by atoms with Gasteiger partial charge in [-0.05, 0) is 6.42 Å². The molecule has 0 aromatic carbocycles. The summed E-state index contributed by atoms with van der Waals surface area (Å²) >= 11 is 0. The highest BCUT2D eigenvalue weighted by molar-refractivity contribution is 5.95. The molecule has 1 N–H and O–H groups in total. The van der Waals surface area contributed by atoms with Crippen molar-refractivity contribution in [3.05, 3.63) is 24.9 Å². The Hall–Kier alpha value is -1.05. The highest BCUT2D eigenvalue weighted by atomic mass is 16.1. The maximum atomic E-state index is 11.7. The van der Waals surface area contributed by atoms with E-state index < -0.39 is 0 Å². The van der Waals surface area contributed by atoms with Gasteiger partial charge in [-0.25, -0.2) is 0 Å². The lowest BCUT2D eigenvalue weighted by Crippen LogP contribution is -2.24. The SMILES string of the molecule is C=CCNC(=C)C(=O)C(C)CCCC. The van der Waals surface area contributed by atoms with Crippen LogP contribution in [0.15, 0.2) is 24.9 Å². The van der Waals surface area contributed by atoms with Crippen LogP contribution in [0.2, 0.25) is 0 Å². The van der Waals surface area contributed by atoms with Gasteiger partial charge in [0.1, 0.15) is 0 Å². The minimum absolute atomic E-state index is 0.0831. The number of allylic oxidation sites excluding steroid dienone is 1. The molecule has 0 aromatic heterocycles. The van der Waals surface area contributed by atoms with Crippen LogP contribution in [0.4, 0.5) is 0 Å². The molecule has 0 saturated carbocycles. The van der Waals surface area contributed by atoms with Gasteiger partial charge in [0.25, 0.3) is 0 Å². The average Bonchev–Trinajstić information content (AvgIpc) is 2.21. The topological polar surface area (TPSA) is 29.1 Å². The minimum atomic E-state index is 0.0831. The summed E-state index contributed by atoms with van der Waals surface area (Å²) in [5.41, 5.74) is 0.508. The summed E-state index contributed by atoms with van der Waals surface area (Å²) in [6.07, 6.45) is 4.89. The summed E-state index contributed by atoms with van der Waals surface area (Å²) in [6, 6.07) is 0. The summed E-state index contributed by atoms with van der Waals surface area (Å²) in [4.78, 5) is 11.7. The molecule has 1 atom stereocenters. The second-order valence-electron chi connectivity index (χ2n) is 3.56. The molecule has 0 aliphatic carbocycles. The highest BCUT2D eigenvalue weighted by Gasteiger charge is 2.14. The number of rotatable bonds is 8. The van der Waals surface area contributed by atoms with E-state index in [1.165, 1.54) is 0 Å². The van der Waals surface area contributed by atoms with E-state index in [9.17, 15) is 4.79 Å². The number of carbonyl (C=O) groups is 1. The Morgan fingerprint density at radius 2 is 2.21 bits per heavy atom. The average molecular weight is 195 g/mol. The van der Waals surface area contributed by atoms with Gasteiger partial charge in [-0.1, -0.05) is 39.3 Å². The smallest absolute Gasteiger partial charge is 0.180 e. The number of unbranched alkanes of at least 4 members (excludes halogenated alkanes) is 1. The Kier molecular flexibility index (Phi) is 6.81. The molecule has 0 amide bonds. The van der Waals surface area contributed by atoms with E-state index in [4.69, 9.17) is 0 Å². The molecule has 0 bridgehead atoms. The summed E-state index contributed by atoms with van der Waals surface area (Å²) in [5, 5.41) is 2.93. The van der Waals surface area contributed by atoms with Gasteiger partial charge in [-0.3, -0.25) is 4.79 Å². The van der Waals surface area contributed by atoms with Gasteiger partial charge < -0.3 is 5.32 Å². The van der Waals surface area contributed by atoms with Crippen LogP contribution in [0.1, 0.15) is 33.1 Å². The quantitative estimate of drug-likeness (QED) is 0.476. The first kappa shape index (κ1) is 12.9. The number of Topliss-reactive ketones (excluding diaryl/α,β-unsaturated/α-hetero) is 1. The number of nitrogens with one attached hydrogen (secondary N) is 1. The molecule has 0 aromatic rings. The Bertz CT molecular complexity index is 208. The molecule has 1 unspecified atom stereocenters. The highest BCUT2D eigenvalue weighted by Crippen LogP contribution is 2.11. The van der Waals surface area contributed by atoms with Crippen LogP contribution in [0.25, 0.3) is 0 Å². The van der Waals surface area contributed by atoms with E-state index >= 15 is 0 Å². The molecule has 0 aliphatic rings. The van der Waals surface area contributed by atoms with Gasteiger partial charge in [0.2, 0.25) is 0 Å². The molecule has 14 heavy (non-hydrogen) atoms. The predicted molar refractivity (Wildman–Crippen MR) is 61.0 cm³/mol. The first-order chi connectivity index (χ1) is 6.63. The molecule has 0 heterocycles. The second kappa shape index (κ2) is 7.36. The predicted octanol–water partition coefficient (Wildman–Crippen LogP) is 2.67. The van der Waals surface area contributed by atoms with Gasteiger partial charge in [0, 0.05) is 12.5 Å². The van der Waals surface area contributed by atoms with Crippen molar-refractivity contribution in [2.75, 3.05) is 6.54 Å². The number of hydrogen-bond acceptors (Lipinski definition) is 2. The molecular formula is C12H21NO. The molecule has 0 radical (unpaired) electrons. The van der Waals surface area contributed by atoms with Gasteiger partial charge in [0.05, 0.1) is 5.70 Å². The zero-order valence-electron chi connectivity index (χ0n) is 9.31. The fourth-order valence-electron chi connectivity index (χ4n) is 1.22. The third-order valence-electron chi connectivity index (χ3n) is 2.20. The molecule has 0 spiro atoms. The third-order valence-corrected chi connectivity index (χ3v) is 2.20. The standard InChI is InChI=1S/C12H21NO/c1-5-7-8-10(3)12(14)11(4)13-9-6-2/h6,10,13H,2,4-5,7-9H2,1,3H3. The van der Waals surface area contributed by atoms with Crippen molar-refractivity contribution in [2.24, 2.45) is 5.92 Å². The van der Waals surface area contributed by atoms with E-state index in [2.05, 4.69) is 25.4 Å². The van der Waals surface area contributed by atoms with Gasteiger partial charge in [-0.15, -0.1) is 6.58 Å². The first-order valence-electron chi connectivity index (χ1n) is 5.21. The number of ketones is 1. The summed E-state index contributed by atoms with van der Waals surface area (Å²) in [6.45, 7) is 12.0. The lowest BCUT2D eigenvalue weighted by molar-refractivity contribution is -0.119. The third kappa shape index (κ3) is 4.85. The summed E-state index contributed by atoms with van der Waals surface area (Å²) in [7, 11) is 0. The van der Waals surface area contributed by atoms with Crippen LogP contribution in [-0.4, -0.2) is 12.3 Å². The lowest BCUT2D eigenvalue weighted by atomic mass is 9.98. The Balaban J connectivity index is 3.90. The number of hydrogen-bond donors (Lipinski definition) is 1. The zero-order chi connectivity index (χ0) is 11.0. The molecule has 0 fully saturated rings. The molecule has 0 saturated heterocycles. The number of carbonyl (C=O) groups excluding carboxylic acids is 1. The maximum absolute atomic E-state index is 11.7. The minimum Gasteiger partial charge on any atom is -0.379 e. The fourth-order valence-corrected chi connectivity index (χ4v) is 1.22. The Morgan fingerprint density at radius 3 is 2.71 bits per heavy atom. The van der Waals surface area contributed by atoms with Crippen LogP contribution in [-0.2, 0) is 4.79 Å². The molecular weight excluding hydrogens is 174 g/mol. The molecule has 2 heteroatoms. The zero-order valence-corrected chi connectivity index (χ0v) is 9.31. The molecule has 0 rings (SSSR count). The van der Waals surface area contributed by atoms with E-state index in [-0.39, 0.29) is 11.7 Å². The first-order valence-corrected chi connectivity index (χ1v) is 5.21. The van der Waals surface area contributed by atoms with E-state index in [1.807, 2.05) is 6.92 Å². The maximum Gasteiger partial charge on any atom is 0.180 e. The van der Waals surface area contributed by atoms with Crippen molar-refractivity contribution in [1.29, 1.82) is 0 Å². The van der Waals surface area contributed by atoms with Crippen LogP contribution < -0.4 is 5.32 Å². The van der Waals surface area contributed by atoms with Crippen molar-refractivity contribution < 1.29 is 4.79 Å². The van der Waals surface area contributed by atoms with Gasteiger partial charge in [-0.2, -0.15) is 0 Å². The normalized spacial score (nSPS) is 11.9. The second-order valence-corrected chi connectivity index (χ2v) is 3.56. The van der Waals surface area contributed by atoms with Crippen molar-refractivity contribution in [3.8, 4) is 0 Å². The Morgan fingerprint density at radius 1 is 1.57 bits per heavy atom. The van der Waals surface area contributed by atoms with Crippen molar-refractivity contribution in [1.82, 2.24) is 5.32 Å². The van der Waals surface area contributed by atoms with E-state index in [0.717, 1.165) is 19.3 Å². The lowest BCUT2D eigenvalue weighted by Gasteiger charge is -2.12. The monoisotopic (exact) mass is 195 g/mol. The van der Waals surface area contributed by atoms with Crippen LogP contribution in [0.3, 0.4) is 0 Å². The van der Waals surface area contributed by atoms with Crippen LogP contribution in [0, 0.1) is 5.92 Å². The summed E-state index contributed by atoms with van der Waals surface area (Å²) in [5.74, 6) is 0.208. The van der Waals surface area contributed by atoms with Crippen molar-refractivity contribution in [2.45, 2.75) is 33.1 Å². The fraction of sp³-hybridized carbons (Fsp3) is 0.583. The molecule has 0 aliphatic heterocycles.